The normalized spacial score (nSPS) is 11.0. The lowest BCUT2D eigenvalue weighted by Crippen LogP contribution is -2.04. The van der Waals surface area contributed by atoms with Crippen molar-refractivity contribution in [3.8, 4) is 17.6 Å². The molecule has 0 spiro atoms. The average Bonchev–Trinajstić information content (AvgIpc) is 2.88. The molecule has 0 saturated carbocycles. The maximum atomic E-state index is 9.61. The van der Waals surface area contributed by atoms with Gasteiger partial charge in [-0.15, -0.1) is 0 Å². The molecule has 4 rings (SSSR count). The van der Waals surface area contributed by atoms with Gasteiger partial charge < -0.3 is 14.2 Å². The van der Waals surface area contributed by atoms with E-state index in [9.17, 15) is 5.26 Å². The lowest BCUT2D eigenvalue weighted by Gasteiger charge is -2.15. The minimum Gasteiger partial charge on any atom is -0.490 e. The van der Waals surface area contributed by atoms with Gasteiger partial charge in [0.05, 0.1) is 23.0 Å². The van der Waals surface area contributed by atoms with Crippen molar-refractivity contribution in [2.24, 2.45) is 5.10 Å². The van der Waals surface area contributed by atoms with E-state index in [0.29, 0.717) is 42.7 Å². The summed E-state index contributed by atoms with van der Waals surface area (Å²) in [4.78, 5) is 4.42. The molecular formula is C29H27IN4O3. The predicted octanol–water partition coefficient (Wildman–Crippen LogP) is 6.59. The molecule has 7 nitrogen and oxygen atoms in total. The largest absolute Gasteiger partial charge is 0.490 e. The SMILES string of the molecule is CCOc1cc(/C=N/Nc2nc(C)cc(COC)c2C#N)cc(I)c1OCc1ccc2ccccc2c1. The Morgan fingerprint density at radius 1 is 1.05 bits per heavy atom. The third-order valence-corrected chi connectivity index (χ3v) is 6.35. The number of pyridine rings is 1. The summed E-state index contributed by atoms with van der Waals surface area (Å²) >= 11 is 2.24. The molecule has 0 aliphatic heterocycles. The number of anilines is 1. The average molecular weight is 606 g/mol. The third-order valence-electron chi connectivity index (χ3n) is 5.55. The van der Waals surface area contributed by atoms with Crippen LogP contribution in [-0.2, 0) is 18.0 Å². The van der Waals surface area contributed by atoms with E-state index in [1.807, 2.05) is 44.2 Å². The van der Waals surface area contributed by atoms with Gasteiger partial charge in [-0.05, 0) is 82.6 Å². The fourth-order valence-corrected chi connectivity index (χ4v) is 4.71. The number of nitrogens with zero attached hydrogens (tertiary/aromatic N) is 3. The van der Waals surface area contributed by atoms with Crippen LogP contribution in [0.25, 0.3) is 10.8 Å². The number of methoxy groups -OCH3 is 1. The molecule has 0 aliphatic rings. The van der Waals surface area contributed by atoms with E-state index in [2.05, 4.69) is 74.5 Å². The molecule has 0 bridgehead atoms. The van der Waals surface area contributed by atoms with Crippen molar-refractivity contribution in [2.45, 2.75) is 27.1 Å². The lowest BCUT2D eigenvalue weighted by molar-refractivity contribution is 0.184. The number of nitriles is 1. The highest BCUT2D eigenvalue weighted by Gasteiger charge is 2.13. The summed E-state index contributed by atoms with van der Waals surface area (Å²) in [6, 6.07) is 22.5. The number of fused-ring (bicyclic) bond motifs is 1. The fourth-order valence-electron chi connectivity index (χ4n) is 3.93. The fraction of sp³-hybridized carbons (Fsp3) is 0.207. The Labute approximate surface area is 230 Å². The van der Waals surface area contributed by atoms with E-state index >= 15 is 0 Å². The first-order chi connectivity index (χ1) is 18.0. The molecule has 0 amide bonds. The molecule has 37 heavy (non-hydrogen) atoms. The molecule has 0 atom stereocenters. The van der Waals surface area contributed by atoms with Crippen molar-refractivity contribution in [2.75, 3.05) is 19.1 Å². The summed E-state index contributed by atoms with van der Waals surface area (Å²) in [6.45, 7) is 5.05. The topological polar surface area (TPSA) is 88.8 Å². The van der Waals surface area contributed by atoms with Crippen molar-refractivity contribution in [1.29, 1.82) is 5.26 Å². The summed E-state index contributed by atoms with van der Waals surface area (Å²) in [6.07, 6.45) is 1.67. The second-order valence-corrected chi connectivity index (χ2v) is 9.46. The van der Waals surface area contributed by atoms with Gasteiger partial charge in [0.2, 0.25) is 0 Å². The molecule has 0 unspecified atom stereocenters. The van der Waals surface area contributed by atoms with Crippen molar-refractivity contribution in [1.82, 2.24) is 4.98 Å². The molecule has 0 fully saturated rings. The van der Waals surface area contributed by atoms with Crippen molar-refractivity contribution >= 4 is 45.4 Å². The van der Waals surface area contributed by atoms with Crippen LogP contribution in [0.3, 0.4) is 0 Å². The highest BCUT2D eigenvalue weighted by Crippen LogP contribution is 2.35. The van der Waals surface area contributed by atoms with Gasteiger partial charge in [0.1, 0.15) is 18.2 Å². The highest BCUT2D eigenvalue weighted by atomic mass is 127. The minimum absolute atomic E-state index is 0.321. The Bertz CT molecular complexity index is 1480. The molecular weight excluding hydrogens is 579 g/mol. The van der Waals surface area contributed by atoms with Gasteiger partial charge >= 0.3 is 0 Å². The highest BCUT2D eigenvalue weighted by molar-refractivity contribution is 14.1. The van der Waals surface area contributed by atoms with Gasteiger partial charge in [0.15, 0.2) is 17.3 Å². The number of aromatic nitrogens is 1. The monoisotopic (exact) mass is 606 g/mol. The number of hydrogen-bond donors (Lipinski definition) is 1. The smallest absolute Gasteiger partial charge is 0.175 e. The molecule has 0 radical (unpaired) electrons. The quantitative estimate of drug-likeness (QED) is 0.125. The zero-order valence-corrected chi connectivity index (χ0v) is 23.1. The van der Waals surface area contributed by atoms with E-state index in [1.54, 1.807) is 13.3 Å². The molecule has 1 N–H and O–H groups in total. The summed E-state index contributed by atoms with van der Waals surface area (Å²) in [5.41, 5.74) is 6.75. The van der Waals surface area contributed by atoms with Crippen LogP contribution in [0.15, 0.2) is 65.8 Å². The van der Waals surface area contributed by atoms with E-state index in [1.165, 1.54) is 10.8 Å². The maximum absolute atomic E-state index is 9.61. The Morgan fingerprint density at radius 2 is 1.86 bits per heavy atom. The van der Waals surface area contributed by atoms with Crippen LogP contribution in [0.1, 0.15) is 34.9 Å². The first-order valence-electron chi connectivity index (χ1n) is 11.8. The summed E-state index contributed by atoms with van der Waals surface area (Å²) in [5.74, 6) is 1.73. The van der Waals surface area contributed by atoms with Gasteiger partial charge in [0, 0.05) is 18.4 Å². The minimum atomic E-state index is 0.321. The zero-order chi connectivity index (χ0) is 26.2. The molecule has 1 heterocycles. The Hall–Kier alpha value is -3.68. The summed E-state index contributed by atoms with van der Waals surface area (Å²) < 4.78 is 18.2. The van der Waals surface area contributed by atoms with Crippen molar-refractivity contribution in [3.63, 3.8) is 0 Å². The van der Waals surface area contributed by atoms with Crippen LogP contribution >= 0.6 is 22.6 Å². The van der Waals surface area contributed by atoms with E-state index in [0.717, 1.165) is 26.0 Å². The molecule has 4 aromatic rings. The van der Waals surface area contributed by atoms with Gasteiger partial charge in [0.25, 0.3) is 0 Å². The predicted molar refractivity (Wildman–Crippen MR) is 154 cm³/mol. The zero-order valence-electron chi connectivity index (χ0n) is 20.9. The number of rotatable bonds is 10. The first-order valence-corrected chi connectivity index (χ1v) is 12.9. The van der Waals surface area contributed by atoms with Gasteiger partial charge in [-0.3, -0.25) is 5.43 Å². The number of nitrogens with one attached hydrogen (secondary N) is 1. The Balaban J connectivity index is 1.53. The van der Waals surface area contributed by atoms with Crippen LogP contribution in [-0.4, -0.2) is 24.9 Å². The number of aryl methyl sites for hydroxylation is 1. The van der Waals surface area contributed by atoms with Gasteiger partial charge in [-0.1, -0.05) is 36.4 Å². The van der Waals surface area contributed by atoms with Crippen LogP contribution in [0, 0.1) is 21.8 Å². The maximum Gasteiger partial charge on any atom is 0.175 e. The molecule has 1 aromatic heterocycles. The lowest BCUT2D eigenvalue weighted by atomic mass is 10.1. The second kappa shape index (κ2) is 12.5. The number of hydrazone groups is 1. The van der Waals surface area contributed by atoms with Crippen LogP contribution in [0.2, 0.25) is 0 Å². The summed E-state index contributed by atoms with van der Waals surface area (Å²) in [5, 5.41) is 16.3. The number of benzene rings is 3. The van der Waals surface area contributed by atoms with E-state index in [-0.39, 0.29) is 0 Å². The van der Waals surface area contributed by atoms with Crippen LogP contribution in [0.5, 0.6) is 11.5 Å². The van der Waals surface area contributed by atoms with E-state index in [4.69, 9.17) is 14.2 Å². The Morgan fingerprint density at radius 3 is 2.62 bits per heavy atom. The Kier molecular flexibility index (Phi) is 8.93. The standard InChI is InChI=1S/C29H27IN4O3/c1-4-36-27-14-21(16-32-34-29-25(15-31)24(18-35-3)11-19(2)33-29)13-26(30)28(27)37-17-20-9-10-22-7-5-6-8-23(22)12-20/h5-14,16H,4,17-18H2,1-3H3,(H,33,34)/b32-16+. The summed E-state index contributed by atoms with van der Waals surface area (Å²) in [7, 11) is 1.59. The first kappa shape index (κ1) is 26.4. The molecule has 0 saturated heterocycles. The molecule has 188 valence electrons. The van der Waals surface area contributed by atoms with E-state index < -0.39 is 0 Å². The van der Waals surface area contributed by atoms with Crippen molar-refractivity contribution in [3.05, 3.63) is 92.2 Å². The second-order valence-electron chi connectivity index (χ2n) is 8.29. The van der Waals surface area contributed by atoms with Gasteiger partial charge in [-0.25, -0.2) is 4.98 Å². The molecule has 0 aliphatic carbocycles. The third kappa shape index (κ3) is 6.56. The number of hydrogen-bond acceptors (Lipinski definition) is 7. The van der Waals surface area contributed by atoms with Crippen molar-refractivity contribution < 1.29 is 14.2 Å². The molecule has 3 aromatic carbocycles. The molecule has 8 heteroatoms. The number of halogens is 1. The van der Waals surface area contributed by atoms with Crippen LogP contribution in [0.4, 0.5) is 5.82 Å². The van der Waals surface area contributed by atoms with Crippen LogP contribution < -0.4 is 14.9 Å². The van der Waals surface area contributed by atoms with Gasteiger partial charge in [-0.2, -0.15) is 10.4 Å². The number of ether oxygens (including phenoxy) is 3.